The van der Waals surface area contributed by atoms with E-state index >= 15 is 0 Å². The SMILES string of the molecule is COCCOCCOCCOCc1cc(OC)c(-c2ccc(C[C@H](NC(=O)[C@@H]3CCN3S(=O)(=O)c3ccccc3)C(=O)O)cc2)c(OC)c1. The number of nitrogens with zero attached hydrogens (tertiary/aromatic N) is 1. The molecule has 0 saturated carbocycles. The lowest BCUT2D eigenvalue weighted by molar-refractivity contribution is -0.143. The van der Waals surface area contributed by atoms with Gasteiger partial charge >= 0.3 is 5.97 Å². The maximum atomic E-state index is 13.1. The molecule has 14 heteroatoms. The fourth-order valence-electron chi connectivity index (χ4n) is 5.26. The summed E-state index contributed by atoms with van der Waals surface area (Å²) < 4.78 is 60.1. The van der Waals surface area contributed by atoms with Gasteiger partial charge in [0.25, 0.3) is 0 Å². The molecule has 1 heterocycles. The summed E-state index contributed by atoms with van der Waals surface area (Å²) in [7, 11) is 0.866. The van der Waals surface area contributed by atoms with E-state index in [1.54, 1.807) is 51.7 Å². The molecule has 13 nitrogen and oxygen atoms in total. The van der Waals surface area contributed by atoms with Gasteiger partial charge in [-0.15, -0.1) is 0 Å². The van der Waals surface area contributed by atoms with Gasteiger partial charge in [0.05, 0.1) is 70.9 Å². The summed E-state index contributed by atoms with van der Waals surface area (Å²) in [5.74, 6) is -0.735. The number of carbonyl (C=O) groups is 2. The number of nitrogens with one attached hydrogen (secondary N) is 1. The van der Waals surface area contributed by atoms with Gasteiger partial charge in [0.1, 0.15) is 23.6 Å². The lowest BCUT2D eigenvalue weighted by atomic mass is 9.97. The van der Waals surface area contributed by atoms with E-state index in [0.29, 0.717) is 75.3 Å². The predicted octanol–water partition coefficient (Wildman–Crippen LogP) is 3.14. The molecule has 2 atom stereocenters. The smallest absolute Gasteiger partial charge is 0.326 e. The number of benzene rings is 3. The van der Waals surface area contributed by atoms with Crippen molar-refractivity contribution in [3.05, 3.63) is 77.9 Å². The zero-order valence-corrected chi connectivity index (χ0v) is 28.8. The number of carboxylic acid groups (broad SMARTS) is 1. The second-order valence-corrected chi connectivity index (χ2v) is 13.1. The van der Waals surface area contributed by atoms with Crippen molar-refractivity contribution < 1.29 is 51.5 Å². The molecule has 4 rings (SSSR count). The van der Waals surface area contributed by atoms with Crippen LogP contribution in [0.2, 0.25) is 0 Å². The minimum Gasteiger partial charge on any atom is -0.496 e. The number of sulfonamides is 1. The molecule has 2 N–H and O–H groups in total. The van der Waals surface area contributed by atoms with Gasteiger partial charge in [-0.2, -0.15) is 4.31 Å². The van der Waals surface area contributed by atoms with Crippen LogP contribution < -0.4 is 14.8 Å². The van der Waals surface area contributed by atoms with Crippen LogP contribution in [0.1, 0.15) is 17.5 Å². The van der Waals surface area contributed by atoms with Crippen LogP contribution in [0.5, 0.6) is 11.5 Å². The first kappa shape index (κ1) is 37.8. The lowest BCUT2D eigenvalue weighted by Crippen LogP contribution is -2.60. The summed E-state index contributed by atoms with van der Waals surface area (Å²) in [5.41, 5.74) is 2.99. The first-order chi connectivity index (χ1) is 23.7. The lowest BCUT2D eigenvalue weighted by Gasteiger charge is -2.38. The maximum Gasteiger partial charge on any atom is 0.326 e. The number of methoxy groups -OCH3 is 3. The largest absolute Gasteiger partial charge is 0.496 e. The van der Waals surface area contributed by atoms with Crippen molar-refractivity contribution in [1.29, 1.82) is 0 Å². The Balaban J connectivity index is 1.35. The summed E-state index contributed by atoms with van der Waals surface area (Å²) in [5, 5.41) is 12.4. The molecule has 1 aliphatic rings. The standard InChI is InChI=1S/C35H44N2O11S/c1-43-15-16-46-17-18-47-19-20-48-24-26-22-31(44-2)33(32(23-26)45-3)27-11-9-25(10-12-27)21-29(35(39)40)36-34(38)30-13-14-37(30)49(41,42)28-7-5-4-6-8-28/h4-12,22-23,29-30H,13-21,24H2,1-3H3,(H,36,38)(H,39,40)/t29-,30-/m0/s1. The van der Waals surface area contributed by atoms with E-state index in [9.17, 15) is 23.1 Å². The highest BCUT2D eigenvalue weighted by atomic mass is 32.2. The number of ether oxygens (including phenoxy) is 6. The molecule has 266 valence electrons. The van der Waals surface area contributed by atoms with Crippen LogP contribution in [0.15, 0.2) is 71.6 Å². The number of hydrogen-bond donors (Lipinski definition) is 2. The first-order valence-corrected chi connectivity index (χ1v) is 17.3. The van der Waals surface area contributed by atoms with Gasteiger partial charge in [-0.25, -0.2) is 13.2 Å². The average Bonchev–Trinajstić information content (AvgIpc) is 3.08. The van der Waals surface area contributed by atoms with Crippen molar-refractivity contribution in [3.63, 3.8) is 0 Å². The highest BCUT2D eigenvalue weighted by Crippen LogP contribution is 2.40. The molecule has 0 spiro atoms. The highest BCUT2D eigenvalue weighted by molar-refractivity contribution is 7.89. The molecular weight excluding hydrogens is 656 g/mol. The normalized spacial score (nSPS) is 15.3. The van der Waals surface area contributed by atoms with E-state index in [1.807, 2.05) is 24.3 Å². The van der Waals surface area contributed by atoms with Crippen LogP contribution in [0.3, 0.4) is 0 Å². The number of rotatable bonds is 21. The van der Waals surface area contributed by atoms with Gasteiger partial charge in [0, 0.05) is 20.1 Å². The van der Waals surface area contributed by atoms with E-state index in [4.69, 9.17) is 28.4 Å². The second kappa shape index (κ2) is 18.6. The number of aliphatic carboxylic acids is 1. The Morgan fingerprint density at radius 2 is 1.43 bits per heavy atom. The maximum absolute atomic E-state index is 13.1. The zero-order valence-electron chi connectivity index (χ0n) is 28.0. The summed E-state index contributed by atoms with van der Waals surface area (Å²) in [4.78, 5) is 25.3. The molecule has 1 amide bonds. The number of carbonyl (C=O) groups excluding carboxylic acids is 1. The van der Waals surface area contributed by atoms with Crippen LogP contribution in [0.25, 0.3) is 11.1 Å². The molecule has 3 aromatic rings. The van der Waals surface area contributed by atoms with E-state index in [1.165, 1.54) is 12.1 Å². The molecule has 1 fully saturated rings. The molecule has 0 bridgehead atoms. The number of amides is 1. The third kappa shape index (κ3) is 10.2. The Labute approximate surface area is 287 Å². The Hall–Kier alpha value is -4.05. The third-order valence-corrected chi connectivity index (χ3v) is 9.85. The van der Waals surface area contributed by atoms with Crippen LogP contribution in [0, 0.1) is 0 Å². The topological polar surface area (TPSA) is 159 Å². The van der Waals surface area contributed by atoms with Gasteiger partial charge in [-0.3, -0.25) is 4.79 Å². The minimum atomic E-state index is -3.88. The van der Waals surface area contributed by atoms with E-state index < -0.39 is 34.0 Å². The summed E-state index contributed by atoms with van der Waals surface area (Å²) in [6.07, 6.45) is 0.294. The Morgan fingerprint density at radius 1 is 0.837 bits per heavy atom. The molecule has 0 aliphatic carbocycles. The van der Waals surface area contributed by atoms with Gasteiger partial charge in [-0.1, -0.05) is 42.5 Å². The quantitative estimate of drug-likeness (QED) is 0.157. The molecular formula is C35H44N2O11S. The van der Waals surface area contributed by atoms with Crippen molar-refractivity contribution in [2.45, 2.75) is 36.4 Å². The number of hydrogen-bond acceptors (Lipinski definition) is 10. The van der Waals surface area contributed by atoms with Crippen LogP contribution in [0.4, 0.5) is 0 Å². The minimum absolute atomic E-state index is 0.00535. The average molecular weight is 701 g/mol. The summed E-state index contributed by atoms with van der Waals surface area (Å²) >= 11 is 0. The number of carboxylic acids is 1. The van der Waals surface area contributed by atoms with Gasteiger partial charge in [0.15, 0.2) is 0 Å². The highest BCUT2D eigenvalue weighted by Gasteiger charge is 2.43. The van der Waals surface area contributed by atoms with E-state index in [2.05, 4.69) is 5.32 Å². The summed E-state index contributed by atoms with van der Waals surface area (Å²) in [6.45, 7) is 3.34. The second-order valence-electron chi connectivity index (χ2n) is 11.2. The fraction of sp³-hybridized carbons (Fsp3) is 0.429. The summed E-state index contributed by atoms with van der Waals surface area (Å²) in [6, 6.07) is 16.5. The van der Waals surface area contributed by atoms with Crippen molar-refractivity contribution in [3.8, 4) is 22.6 Å². The van der Waals surface area contributed by atoms with Gasteiger partial charge in [0.2, 0.25) is 15.9 Å². The molecule has 1 aliphatic heterocycles. The van der Waals surface area contributed by atoms with Gasteiger partial charge < -0.3 is 38.8 Å². The zero-order chi connectivity index (χ0) is 35.2. The van der Waals surface area contributed by atoms with Crippen molar-refractivity contribution in [2.24, 2.45) is 0 Å². The molecule has 3 aromatic carbocycles. The molecule has 1 saturated heterocycles. The Kier molecular flexibility index (Phi) is 14.4. The van der Waals surface area contributed by atoms with Gasteiger partial charge in [-0.05, 0) is 47.4 Å². The predicted molar refractivity (Wildman–Crippen MR) is 180 cm³/mol. The van der Waals surface area contributed by atoms with Crippen molar-refractivity contribution in [2.75, 3.05) is 67.5 Å². The van der Waals surface area contributed by atoms with Crippen molar-refractivity contribution >= 4 is 21.9 Å². The van der Waals surface area contributed by atoms with Crippen LogP contribution in [-0.4, -0.2) is 109 Å². The van der Waals surface area contributed by atoms with Crippen molar-refractivity contribution in [1.82, 2.24) is 9.62 Å². The first-order valence-electron chi connectivity index (χ1n) is 15.9. The Morgan fingerprint density at radius 3 is 1.96 bits per heavy atom. The molecule has 0 radical (unpaired) electrons. The Bertz CT molecular complexity index is 1590. The van der Waals surface area contributed by atoms with E-state index in [-0.39, 0.29) is 17.9 Å². The molecule has 49 heavy (non-hydrogen) atoms. The molecule has 0 aromatic heterocycles. The third-order valence-electron chi connectivity index (χ3n) is 7.93. The van der Waals surface area contributed by atoms with E-state index in [0.717, 1.165) is 15.4 Å². The fourth-order valence-corrected chi connectivity index (χ4v) is 6.91. The molecule has 0 unspecified atom stereocenters. The monoisotopic (exact) mass is 700 g/mol. The van der Waals surface area contributed by atoms with Crippen LogP contribution in [-0.2, 0) is 51.6 Å². The van der Waals surface area contributed by atoms with Crippen LogP contribution >= 0.6 is 0 Å².